The third-order valence-electron chi connectivity index (χ3n) is 2.85. The predicted molar refractivity (Wildman–Crippen MR) is 94.1 cm³/mol. The van der Waals surface area contributed by atoms with Crippen LogP contribution in [0.4, 0.5) is 0 Å². The first-order valence-corrected chi connectivity index (χ1v) is 8.03. The molecule has 0 fully saturated rings. The number of esters is 1. The number of terminal acetylenes is 1. The third kappa shape index (κ3) is 4.90. The number of hydrogen-bond donors (Lipinski definition) is 0. The first-order valence-electron chi connectivity index (χ1n) is 6.48. The average molecular weight is 414 g/mol. The van der Waals surface area contributed by atoms with Gasteiger partial charge < -0.3 is 9.47 Å². The molecule has 0 aliphatic carbocycles. The maximum atomic E-state index is 11.7. The Hall–Kier alpha value is -1.67. The lowest BCUT2D eigenvalue weighted by atomic mass is 10.2. The number of halogens is 3. The van der Waals surface area contributed by atoms with Crippen LogP contribution in [0.3, 0.4) is 0 Å². The molecule has 0 N–H and O–H groups in total. The Kier molecular flexibility index (Phi) is 6.35. The van der Waals surface area contributed by atoms with Crippen LogP contribution < -0.4 is 4.74 Å². The summed E-state index contributed by atoms with van der Waals surface area (Å²) in [6.07, 6.45) is 5.05. The highest BCUT2D eigenvalue weighted by Crippen LogP contribution is 2.28. The summed E-state index contributed by atoms with van der Waals surface area (Å²) in [5.41, 5.74) is 1.18. The van der Waals surface area contributed by atoms with E-state index in [1.165, 1.54) is 0 Å². The van der Waals surface area contributed by atoms with Crippen molar-refractivity contribution in [3.8, 4) is 18.1 Å². The number of ether oxygens (including phenoxy) is 2. The van der Waals surface area contributed by atoms with Crippen LogP contribution in [-0.2, 0) is 11.3 Å². The third-order valence-corrected chi connectivity index (χ3v) is 4.06. The van der Waals surface area contributed by atoms with Crippen LogP contribution in [0.25, 0.3) is 0 Å². The van der Waals surface area contributed by atoms with E-state index in [-0.39, 0.29) is 13.2 Å². The Morgan fingerprint density at radius 3 is 2.65 bits per heavy atom. The molecule has 0 aliphatic heterocycles. The monoisotopic (exact) mass is 412 g/mol. The van der Waals surface area contributed by atoms with Gasteiger partial charge in [0.2, 0.25) is 0 Å². The summed E-state index contributed by atoms with van der Waals surface area (Å²) in [4.78, 5) is 11.7. The molecule has 6 heteroatoms. The van der Waals surface area contributed by atoms with Crippen molar-refractivity contribution < 1.29 is 14.3 Å². The minimum Gasteiger partial charge on any atom is -0.488 e. The van der Waals surface area contributed by atoms with Gasteiger partial charge in [-0.3, -0.25) is 0 Å². The molecule has 118 valence electrons. The summed E-state index contributed by atoms with van der Waals surface area (Å²) >= 11 is 15.3. The topological polar surface area (TPSA) is 35.5 Å². The predicted octanol–water partition coefficient (Wildman–Crippen LogP) is 5.12. The van der Waals surface area contributed by atoms with Gasteiger partial charge in [0.05, 0.1) is 10.0 Å². The van der Waals surface area contributed by atoms with Gasteiger partial charge in [0, 0.05) is 15.6 Å². The van der Waals surface area contributed by atoms with Crippen LogP contribution in [0.15, 0.2) is 40.9 Å². The van der Waals surface area contributed by atoms with Gasteiger partial charge in [-0.25, -0.2) is 4.79 Å². The molecule has 2 aromatic carbocycles. The molecule has 2 rings (SSSR count). The molecule has 0 heterocycles. The molecule has 0 aromatic heterocycles. The molecule has 0 bridgehead atoms. The molecule has 0 unspecified atom stereocenters. The summed E-state index contributed by atoms with van der Waals surface area (Å²) in [7, 11) is 0. The molecule has 0 saturated carbocycles. The molecule has 0 saturated heterocycles. The molecule has 0 spiro atoms. The number of hydrogen-bond acceptors (Lipinski definition) is 3. The first kappa shape index (κ1) is 17.7. The van der Waals surface area contributed by atoms with Gasteiger partial charge >= 0.3 is 5.97 Å². The second-order valence-corrected chi connectivity index (χ2v) is 6.15. The highest BCUT2D eigenvalue weighted by Gasteiger charge is 2.11. The van der Waals surface area contributed by atoms with Gasteiger partial charge in [0.25, 0.3) is 0 Å². The highest BCUT2D eigenvalue weighted by atomic mass is 79.9. The summed E-state index contributed by atoms with van der Waals surface area (Å²) in [5, 5.41) is 1.10. The molecule has 0 amide bonds. The molecule has 3 nitrogen and oxygen atoms in total. The normalized spacial score (nSPS) is 10.0. The molecule has 0 aliphatic rings. The Bertz CT molecular complexity index is 769. The summed E-state index contributed by atoms with van der Waals surface area (Å²) in [6.45, 7) is 0.208. The Labute approximate surface area is 152 Å². The van der Waals surface area contributed by atoms with E-state index in [1.807, 2.05) is 0 Å². The van der Waals surface area contributed by atoms with Crippen molar-refractivity contribution in [2.24, 2.45) is 0 Å². The molecular weight excluding hydrogens is 403 g/mol. The second-order valence-electron chi connectivity index (χ2n) is 4.45. The second kappa shape index (κ2) is 8.26. The van der Waals surface area contributed by atoms with Crippen LogP contribution in [0, 0.1) is 12.3 Å². The largest absolute Gasteiger partial charge is 0.488 e. The quantitative estimate of drug-likeness (QED) is 0.503. The zero-order chi connectivity index (χ0) is 16.8. The Morgan fingerprint density at radius 2 is 2.00 bits per heavy atom. The average Bonchev–Trinajstić information content (AvgIpc) is 2.52. The van der Waals surface area contributed by atoms with Crippen LogP contribution in [0.1, 0.15) is 15.9 Å². The SMILES string of the molecule is C#CCOC(=O)c1ccc(OCc2ccc(Cl)cc2Cl)c(Br)c1. The molecule has 23 heavy (non-hydrogen) atoms. The number of carbonyl (C=O) groups excluding carboxylic acids is 1. The van der Waals surface area contributed by atoms with Gasteiger partial charge in [0.1, 0.15) is 12.4 Å². The van der Waals surface area contributed by atoms with Crippen LogP contribution in [0.5, 0.6) is 5.75 Å². The van der Waals surface area contributed by atoms with Crippen molar-refractivity contribution in [2.75, 3.05) is 6.61 Å². The lowest BCUT2D eigenvalue weighted by Gasteiger charge is -2.10. The van der Waals surface area contributed by atoms with Crippen molar-refractivity contribution >= 4 is 45.1 Å². The van der Waals surface area contributed by atoms with Crippen molar-refractivity contribution in [3.05, 3.63) is 62.0 Å². The van der Waals surface area contributed by atoms with E-state index in [9.17, 15) is 4.79 Å². The Morgan fingerprint density at radius 1 is 1.22 bits per heavy atom. The zero-order valence-corrected chi connectivity index (χ0v) is 14.9. The van der Waals surface area contributed by atoms with Gasteiger partial charge in [0.15, 0.2) is 6.61 Å². The van der Waals surface area contributed by atoms with E-state index >= 15 is 0 Å². The standard InChI is InChI=1S/C17H11BrCl2O3/c1-2-7-22-17(21)11-4-6-16(14(18)8-11)23-10-12-3-5-13(19)9-15(12)20/h1,3-6,8-9H,7,10H2. The van der Waals surface area contributed by atoms with E-state index in [1.54, 1.807) is 36.4 Å². The molecular formula is C17H11BrCl2O3. The van der Waals surface area contributed by atoms with E-state index in [0.29, 0.717) is 25.8 Å². The fraction of sp³-hybridized carbons (Fsp3) is 0.118. The fourth-order valence-electron chi connectivity index (χ4n) is 1.73. The Balaban J connectivity index is 2.06. The molecule has 0 radical (unpaired) electrons. The zero-order valence-electron chi connectivity index (χ0n) is 11.8. The lowest BCUT2D eigenvalue weighted by molar-refractivity contribution is 0.0556. The summed E-state index contributed by atoms with van der Waals surface area (Å²) in [6, 6.07) is 10.1. The first-order chi connectivity index (χ1) is 11.0. The lowest BCUT2D eigenvalue weighted by Crippen LogP contribution is -2.05. The summed E-state index contributed by atoms with van der Waals surface area (Å²) in [5.74, 6) is 2.32. The van der Waals surface area contributed by atoms with Crippen LogP contribution >= 0.6 is 39.1 Å². The van der Waals surface area contributed by atoms with Crippen LogP contribution in [0.2, 0.25) is 10.0 Å². The van der Waals surface area contributed by atoms with Crippen molar-refractivity contribution in [1.29, 1.82) is 0 Å². The highest BCUT2D eigenvalue weighted by molar-refractivity contribution is 9.10. The van der Waals surface area contributed by atoms with Gasteiger partial charge in [-0.1, -0.05) is 35.2 Å². The van der Waals surface area contributed by atoms with E-state index < -0.39 is 5.97 Å². The maximum absolute atomic E-state index is 11.7. The van der Waals surface area contributed by atoms with E-state index in [4.69, 9.17) is 39.1 Å². The number of rotatable bonds is 5. The van der Waals surface area contributed by atoms with E-state index in [2.05, 4.69) is 21.9 Å². The minimum absolute atomic E-state index is 0.0657. The van der Waals surface area contributed by atoms with E-state index in [0.717, 1.165) is 5.56 Å². The van der Waals surface area contributed by atoms with Crippen LogP contribution in [-0.4, -0.2) is 12.6 Å². The van der Waals surface area contributed by atoms with Crippen molar-refractivity contribution in [3.63, 3.8) is 0 Å². The van der Waals surface area contributed by atoms with Gasteiger partial charge in [-0.2, -0.15) is 0 Å². The molecule has 2 aromatic rings. The smallest absolute Gasteiger partial charge is 0.339 e. The van der Waals surface area contributed by atoms with Gasteiger partial charge in [-0.15, -0.1) is 6.42 Å². The molecule has 0 atom stereocenters. The number of carbonyl (C=O) groups is 1. The van der Waals surface area contributed by atoms with Gasteiger partial charge in [-0.05, 0) is 46.3 Å². The maximum Gasteiger partial charge on any atom is 0.339 e. The minimum atomic E-state index is -0.490. The van der Waals surface area contributed by atoms with Crippen molar-refractivity contribution in [2.45, 2.75) is 6.61 Å². The summed E-state index contributed by atoms with van der Waals surface area (Å²) < 4.78 is 11.2. The fourth-order valence-corrected chi connectivity index (χ4v) is 2.69. The van der Waals surface area contributed by atoms with Crippen molar-refractivity contribution in [1.82, 2.24) is 0 Å². The number of benzene rings is 2.